The Kier molecular flexibility index (Phi) is 2.77. The van der Waals surface area contributed by atoms with E-state index in [1.165, 1.54) is 0 Å². The molecule has 2 heterocycles. The van der Waals surface area contributed by atoms with Gasteiger partial charge in [-0.25, -0.2) is 0 Å². The smallest absolute Gasteiger partial charge is 0.166 e. The summed E-state index contributed by atoms with van der Waals surface area (Å²) in [6.45, 7) is 0.936. The number of hydrogen-bond donors (Lipinski definition) is 1. The van der Waals surface area contributed by atoms with Crippen molar-refractivity contribution in [3.05, 3.63) is 18.0 Å². The molecule has 1 aliphatic heterocycles. The first-order valence-electron chi connectivity index (χ1n) is 6.18. The van der Waals surface area contributed by atoms with E-state index in [0.717, 1.165) is 36.6 Å². The third kappa shape index (κ3) is 1.80. The number of ether oxygens (including phenoxy) is 2. The molecule has 19 heavy (non-hydrogen) atoms. The lowest BCUT2D eigenvalue weighted by Gasteiger charge is -2.12. The summed E-state index contributed by atoms with van der Waals surface area (Å²) in [6, 6.07) is 3.61. The van der Waals surface area contributed by atoms with E-state index in [2.05, 4.69) is 14.8 Å². The van der Waals surface area contributed by atoms with Gasteiger partial charge in [-0.1, -0.05) is 0 Å². The molecule has 0 amide bonds. The van der Waals surface area contributed by atoms with Crippen LogP contribution in [-0.2, 0) is 13.0 Å². The number of hydrogen-bond acceptors (Lipinski definition) is 5. The molecule has 0 atom stereocenters. The average molecular weight is 260 g/mol. The molecule has 6 nitrogen and oxygen atoms in total. The van der Waals surface area contributed by atoms with Crippen molar-refractivity contribution in [3.8, 4) is 22.9 Å². The zero-order valence-corrected chi connectivity index (χ0v) is 11.0. The van der Waals surface area contributed by atoms with Crippen LogP contribution in [0.4, 0.5) is 5.69 Å². The van der Waals surface area contributed by atoms with E-state index in [-0.39, 0.29) is 0 Å². The summed E-state index contributed by atoms with van der Waals surface area (Å²) in [5, 5.41) is 8.43. The normalized spacial score (nSPS) is 13.4. The monoisotopic (exact) mass is 260 g/mol. The van der Waals surface area contributed by atoms with Gasteiger partial charge >= 0.3 is 0 Å². The Morgan fingerprint density at radius 3 is 2.63 bits per heavy atom. The quantitative estimate of drug-likeness (QED) is 0.846. The number of aromatic nitrogens is 3. The third-order valence-corrected chi connectivity index (χ3v) is 3.41. The maximum atomic E-state index is 6.09. The molecule has 2 aromatic rings. The van der Waals surface area contributed by atoms with E-state index >= 15 is 0 Å². The number of fused-ring (bicyclic) bond motifs is 1. The second-order valence-electron chi connectivity index (χ2n) is 4.49. The molecule has 0 bridgehead atoms. The first kappa shape index (κ1) is 11.8. The molecular weight excluding hydrogens is 244 g/mol. The Morgan fingerprint density at radius 1 is 1.16 bits per heavy atom. The number of rotatable bonds is 3. The van der Waals surface area contributed by atoms with Gasteiger partial charge in [0.05, 0.1) is 14.2 Å². The molecule has 1 aromatic carbocycles. The second kappa shape index (κ2) is 4.46. The molecule has 0 fully saturated rings. The molecule has 0 aliphatic carbocycles. The van der Waals surface area contributed by atoms with Gasteiger partial charge in [-0.2, -0.15) is 0 Å². The summed E-state index contributed by atoms with van der Waals surface area (Å²) in [5.74, 6) is 3.07. The number of anilines is 1. The topological polar surface area (TPSA) is 75.2 Å². The van der Waals surface area contributed by atoms with Crippen LogP contribution < -0.4 is 15.2 Å². The lowest BCUT2D eigenvalue weighted by atomic mass is 10.1. The van der Waals surface area contributed by atoms with Crippen LogP contribution in [0.15, 0.2) is 12.1 Å². The predicted molar refractivity (Wildman–Crippen MR) is 71.3 cm³/mol. The summed E-state index contributed by atoms with van der Waals surface area (Å²) < 4.78 is 12.7. The van der Waals surface area contributed by atoms with Crippen LogP contribution in [0, 0.1) is 0 Å². The van der Waals surface area contributed by atoms with Crippen molar-refractivity contribution in [1.29, 1.82) is 0 Å². The Balaban J connectivity index is 2.14. The fourth-order valence-corrected chi connectivity index (χ4v) is 2.44. The largest absolute Gasteiger partial charge is 0.493 e. The molecule has 0 unspecified atom stereocenters. The van der Waals surface area contributed by atoms with Gasteiger partial charge in [0.25, 0.3) is 0 Å². The lowest BCUT2D eigenvalue weighted by molar-refractivity contribution is 0.355. The van der Waals surface area contributed by atoms with E-state index in [1.54, 1.807) is 20.3 Å². The van der Waals surface area contributed by atoms with Gasteiger partial charge in [-0.05, 0) is 12.5 Å². The molecule has 100 valence electrons. The molecule has 1 aliphatic rings. The molecule has 0 saturated carbocycles. The van der Waals surface area contributed by atoms with E-state index in [4.69, 9.17) is 15.2 Å². The van der Waals surface area contributed by atoms with Gasteiger partial charge in [0.15, 0.2) is 17.3 Å². The van der Waals surface area contributed by atoms with E-state index in [0.29, 0.717) is 17.2 Å². The third-order valence-electron chi connectivity index (χ3n) is 3.41. The Labute approximate surface area is 111 Å². The van der Waals surface area contributed by atoms with Gasteiger partial charge in [-0.3, -0.25) is 0 Å². The lowest BCUT2D eigenvalue weighted by Crippen LogP contribution is -2.01. The maximum absolute atomic E-state index is 6.09. The summed E-state index contributed by atoms with van der Waals surface area (Å²) in [7, 11) is 3.19. The first-order valence-corrected chi connectivity index (χ1v) is 6.18. The SMILES string of the molecule is COc1cc(N)c(-c2nnc3n2CCC3)cc1OC. The highest BCUT2D eigenvalue weighted by atomic mass is 16.5. The van der Waals surface area contributed by atoms with Crippen molar-refractivity contribution in [2.75, 3.05) is 20.0 Å². The molecule has 0 saturated heterocycles. The molecule has 1 aromatic heterocycles. The first-order chi connectivity index (χ1) is 9.24. The number of aryl methyl sites for hydroxylation is 1. The summed E-state index contributed by atoms with van der Waals surface area (Å²) >= 11 is 0. The minimum atomic E-state index is 0.611. The van der Waals surface area contributed by atoms with Gasteiger partial charge in [0.2, 0.25) is 0 Å². The van der Waals surface area contributed by atoms with Crippen LogP contribution in [0.3, 0.4) is 0 Å². The minimum absolute atomic E-state index is 0.611. The summed E-state index contributed by atoms with van der Waals surface area (Å²) in [5.41, 5.74) is 7.53. The van der Waals surface area contributed by atoms with Gasteiger partial charge < -0.3 is 19.8 Å². The molecular formula is C13H16N4O2. The van der Waals surface area contributed by atoms with Gasteiger partial charge in [0.1, 0.15) is 5.82 Å². The van der Waals surface area contributed by atoms with Crippen LogP contribution in [0.1, 0.15) is 12.2 Å². The molecule has 6 heteroatoms. The highest BCUT2D eigenvalue weighted by molar-refractivity contribution is 5.76. The Hall–Kier alpha value is -2.24. The van der Waals surface area contributed by atoms with E-state index in [9.17, 15) is 0 Å². The molecule has 0 spiro atoms. The standard InChI is InChI=1S/C13H16N4O2/c1-18-10-6-8(9(14)7-11(10)19-2)13-16-15-12-4-3-5-17(12)13/h6-7H,3-5,14H2,1-2H3. The predicted octanol–water partition coefficient (Wildman–Crippen LogP) is 1.49. The van der Waals surface area contributed by atoms with Crippen molar-refractivity contribution < 1.29 is 9.47 Å². The number of nitrogens with zero attached hydrogens (tertiary/aromatic N) is 3. The van der Waals surface area contributed by atoms with Crippen LogP contribution in [0.5, 0.6) is 11.5 Å². The van der Waals surface area contributed by atoms with Crippen LogP contribution in [-0.4, -0.2) is 29.0 Å². The maximum Gasteiger partial charge on any atom is 0.166 e. The second-order valence-corrected chi connectivity index (χ2v) is 4.49. The van der Waals surface area contributed by atoms with E-state index in [1.807, 2.05) is 6.07 Å². The zero-order chi connectivity index (χ0) is 13.4. The Morgan fingerprint density at radius 2 is 1.89 bits per heavy atom. The van der Waals surface area contributed by atoms with Gasteiger partial charge in [-0.15, -0.1) is 10.2 Å². The number of methoxy groups -OCH3 is 2. The molecule has 2 N–H and O–H groups in total. The number of benzene rings is 1. The zero-order valence-electron chi connectivity index (χ0n) is 11.0. The van der Waals surface area contributed by atoms with Crippen LogP contribution in [0.25, 0.3) is 11.4 Å². The van der Waals surface area contributed by atoms with Crippen molar-refractivity contribution >= 4 is 5.69 Å². The fourth-order valence-electron chi connectivity index (χ4n) is 2.44. The van der Waals surface area contributed by atoms with Crippen LogP contribution in [0.2, 0.25) is 0 Å². The molecule has 0 radical (unpaired) electrons. The molecule has 3 rings (SSSR count). The van der Waals surface area contributed by atoms with Crippen molar-refractivity contribution in [2.24, 2.45) is 0 Å². The Bertz CT molecular complexity index is 621. The number of nitrogen functional groups attached to an aromatic ring is 1. The minimum Gasteiger partial charge on any atom is -0.493 e. The van der Waals surface area contributed by atoms with E-state index < -0.39 is 0 Å². The van der Waals surface area contributed by atoms with Crippen molar-refractivity contribution in [2.45, 2.75) is 19.4 Å². The average Bonchev–Trinajstić information content (AvgIpc) is 3.01. The highest BCUT2D eigenvalue weighted by Gasteiger charge is 2.21. The van der Waals surface area contributed by atoms with Crippen molar-refractivity contribution in [3.63, 3.8) is 0 Å². The van der Waals surface area contributed by atoms with Crippen LogP contribution >= 0.6 is 0 Å². The number of nitrogens with two attached hydrogens (primary N) is 1. The fraction of sp³-hybridized carbons (Fsp3) is 0.385. The van der Waals surface area contributed by atoms with Gasteiger partial charge in [0, 0.05) is 30.3 Å². The summed E-state index contributed by atoms with van der Waals surface area (Å²) in [4.78, 5) is 0. The highest BCUT2D eigenvalue weighted by Crippen LogP contribution is 2.37. The summed E-state index contributed by atoms with van der Waals surface area (Å²) in [6.07, 6.45) is 2.07. The van der Waals surface area contributed by atoms with Crippen molar-refractivity contribution in [1.82, 2.24) is 14.8 Å².